The van der Waals surface area contributed by atoms with E-state index in [1.807, 2.05) is 0 Å². The van der Waals surface area contributed by atoms with Crippen molar-refractivity contribution < 1.29 is 30.3 Å². The SMILES string of the molecule is CC(O)C(=O)O.CCO.CCO.CCO. The van der Waals surface area contributed by atoms with Crippen LogP contribution < -0.4 is 0 Å². The summed E-state index contributed by atoms with van der Waals surface area (Å²) >= 11 is 0. The summed E-state index contributed by atoms with van der Waals surface area (Å²) in [5.74, 6) is -1.19. The number of aliphatic carboxylic acids is 1. The number of carboxylic acid groups (broad SMARTS) is 1. The van der Waals surface area contributed by atoms with E-state index >= 15 is 0 Å². The molecule has 1 atom stereocenters. The first-order valence-electron chi connectivity index (χ1n) is 4.62. The van der Waals surface area contributed by atoms with Gasteiger partial charge in [0.15, 0.2) is 0 Å². The van der Waals surface area contributed by atoms with Crippen molar-refractivity contribution in [1.82, 2.24) is 0 Å². The molecule has 0 aromatic heterocycles. The third-order valence-corrected chi connectivity index (χ3v) is 0.357. The summed E-state index contributed by atoms with van der Waals surface area (Å²) < 4.78 is 0. The molecule has 0 bridgehead atoms. The van der Waals surface area contributed by atoms with Crippen LogP contribution in [0.1, 0.15) is 27.7 Å². The van der Waals surface area contributed by atoms with Gasteiger partial charge in [-0.15, -0.1) is 0 Å². The Morgan fingerprint density at radius 2 is 1.07 bits per heavy atom. The van der Waals surface area contributed by atoms with Crippen molar-refractivity contribution in [3.63, 3.8) is 0 Å². The third-order valence-electron chi connectivity index (χ3n) is 0.357. The van der Waals surface area contributed by atoms with Gasteiger partial charge >= 0.3 is 5.97 Å². The number of aliphatic hydroxyl groups is 4. The number of carboxylic acids is 1. The van der Waals surface area contributed by atoms with Gasteiger partial charge in [0.05, 0.1) is 0 Å². The fourth-order valence-electron chi connectivity index (χ4n) is 0. The Morgan fingerprint density at radius 3 is 1.07 bits per heavy atom. The summed E-state index contributed by atoms with van der Waals surface area (Å²) in [6.45, 7) is 6.99. The van der Waals surface area contributed by atoms with Gasteiger partial charge in [0.1, 0.15) is 6.10 Å². The maximum Gasteiger partial charge on any atom is 0.332 e. The topological polar surface area (TPSA) is 118 Å². The Hall–Kier alpha value is -0.690. The zero-order chi connectivity index (χ0) is 13.3. The third kappa shape index (κ3) is 155. The molecule has 0 aliphatic rings. The van der Waals surface area contributed by atoms with Crippen molar-refractivity contribution in [2.45, 2.75) is 33.8 Å². The quantitative estimate of drug-likeness (QED) is 0.411. The van der Waals surface area contributed by atoms with Crippen LogP contribution in [-0.4, -0.2) is 57.4 Å². The van der Waals surface area contributed by atoms with Gasteiger partial charge in [0.25, 0.3) is 0 Å². The van der Waals surface area contributed by atoms with Gasteiger partial charge in [0.2, 0.25) is 0 Å². The summed E-state index contributed by atoms with van der Waals surface area (Å²) in [4.78, 5) is 9.45. The molecule has 0 aliphatic heterocycles. The minimum atomic E-state index is -1.23. The first-order chi connectivity index (χ1) is 6.89. The van der Waals surface area contributed by atoms with Crippen molar-refractivity contribution >= 4 is 5.97 Å². The van der Waals surface area contributed by atoms with Gasteiger partial charge in [-0.2, -0.15) is 0 Å². The molecule has 0 saturated carbocycles. The molecule has 5 N–H and O–H groups in total. The Kier molecular flexibility index (Phi) is 46.4. The summed E-state index contributed by atoms with van der Waals surface area (Å²) in [6.07, 6.45) is -1.23. The summed E-state index contributed by atoms with van der Waals surface area (Å²) in [5, 5.41) is 38.5. The standard InChI is InChI=1S/C3H6O3.3C2H6O/c1-2(4)3(5)6;3*1-2-3/h2,4H,1H3,(H,5,6);3*3H,2H2,1H3. The molecule has 0 aromatic carbocycles. The first-order valence-corrected chi connectivity index (χ1v) is 4.62. The molecule has 0 saturated heterocycles. The van der Waals surface area contributed by atoms with Crippen LogP contribution in [0.4, 0.5) is 0 Å². The van der Waals surface area contributed by atoms with Gasteiger partial charge < -0.3 is 25.5 Å². The lowest BCUT2D eigenvalue weighted by atomic mass is 10.4. The van der Waals surface area contributed by atoms with Gasteiger partial charge in [0, 0.05) is 19.8 Å². The van der Waals surface area contributed by atoms with E-state index in [9.17, 15) is 4.79 Å². The van der Waals surface area contributed by atoms with Crippen LogP contribution >= 0.6 is 0 Å². The molecule has 0 fully saturated rings. The second-order valence-electron chi connectivity index (χ2n) is 1.96. The lowest BCUT2D eigenvalue weighted by Gasteiger charge is -1.89. The van der Waals surface area contributed by atoms with Gasteiger partial charge in [-0.3, -0.25) is 0 Å². The average molecular weight is 228 g/mol. The van der Waals surface area contributed by atoms with E-state index in [-0.39, 0.29) is 19.8 Å². The lowest BCUT2D eigenvalue weighted by molar-refractivity contribution is -0.145. The summed E-state index contributed by atoms with van der Waals surface area (Å²) in [7, 11) is 0. The van der Waals surface area contributed by atoms with Crippen LogP contribution in [0.25, 0.3) is 0 Å². The molecule has 0 amide bonds. The molecule has 0 aromatic rings. The van der Waals surface area contributed by atoms with E-state index < -0.39 is 12.1 Å². The van der Waals surface area contributed by atoms with Gasteiger partial charge in [-0.05, 0) is 27.7 Å². The van der Waals surface area contributed by atoms with E-state index in [1.165, 1.54) is 6.92 Å². The average Bonchev–Trinajstić information content (AvgIpc) is 2.07. The second kappa shape index (κ2) is 29.2. The van der Waals surface area contributed by atoms with Crippen molar-refractivity contribution in [3.8, 4) is 0 Å². The first kappa shape index (κ1) is 23.8. The Balaban J connectivity index is -0.0000000581. The Morgan fingerprint density at radius 1 is 1.00 bits per heavy atom. The van der Waals surface area contributed by atoms with Crippen molar-refractivity contribution in [3.05, 3.63) is 0 Å². The van der Waals surface area contributed by atoms with Crippen molar-refractivity contribution in [2.75, 3.05) is 19.8 Å². The smallest absolute Gasteiger partial charge is 0.332 e. The molecule has 6 nitrogen and oxygen atoms in total. The highest BCUT2D eigenvalue weighted by atomic mass is 16.4. The lowest BCUT2D eigenvalue weighted by Crippen LogP contribution is -2.13. The second-order valence-corrected chi connectivity index (χ2v) is 1.96. The molecule has 0 aliphatic carbocycles. The van der Waals surface area contributed by atoms with Gasteiger partial charge in [-0.25, -0.2) is 4.79 Å². The molecule has 96 valence electrons. The number of rotatable bonds is 1. The van der Waals surface area contributed by atoms with Gasteiger partial charge in [-0.1, -0.05) is 0 Å². The zero-order valence-electron chi connectivity index (χ0n) is 9.84. The van der Waals surface area contributed by atoms with Crippen LogP contribution in [0, 0.1) is 0 Å². The molecule has 1 unspecified atom stereocenters. The Labute approximate surface area is 90.8 Å². The van der Waals surface area contributed by atoms with Crippen LogP contribution in [-0.2, 0) is 4.79 Å². The maximum absolute atomic E-state index is 9.45. The fraction of sp³-hybridized carbons (Fsp3) is 0.889. The van der Waals surface area contributed by atoms with E-state index in [0.29, 0.717) is 0 Å². The molecular formula is C9H24O6. The predicted molar refractivity (Wildman–Crippen MR) is 57.6 cm³/mol. The number of carbonyl (C=O) groups is 1. The zero-order valence-corrected chi connectivity index (χ0v) is 9.84. The van der Waals surface area contributed by atoms with Crippen LogP contribution in [0.5, 0.6) is 0 Å². The highest BCUT2D eigenvalue weighted by molar-refractivity contribution is 5.71. The van der Waals surface area contributed by atoms with E-state index in [2.05, 4.69) is 0 Å². The predicted octanol–water partition coefficient (Wildman–Crippen LogP) is -0.552. The monoisotopic (exact) mass is 228 g/mol. The number of hydrogen-bond acceptors (Lipinski definition) is 5. The molecule has 0 heterocycles. The number of hydrogen-bond donors (Lipinski definition) is 5. The Bertz CT molecular complexity index is 89.8. The van der Waals surface area contributed by atoms with Crippen LogP contribution in [0.3, 0.4) is 0 Å². The minimum Gasteiger partial charge on any atom is -0.479 e. The molecular weight excluding hydrogens is 204 g/mol. The summed E-state index contributed by atoms with van der Waals surface area (Å²) in [5.41, 5.74) is 0. The van der Waals surface area contributed by atoms with E-state index in [0.717, 1.165) is 0 Å². The van der Waals surface area contributed by atoms with Crippen LogP contribution in [0.15, 0.2) is 0 Å². The highest BCUT2D eigenvalue weighted by Crippen LogP contribution is 1.73. The normalized spacial score (nSPS) is 9.07. The molecule has 0 spiro atoms. The number of aliphatic hydroxyl groups excluding tert-OH is 4. The molecule has 6 heteroatoms. The molecule has 0 rings (SSSR count). The molecule has 15 heavy (non-hydrogen) atoms. The largest absolute Gasteiger partial charge is 0.479 e. The highest BCUT2D eigenvalue weighted by Gasteiger charge is 2.01. The minimum absolute atomic E-state index is 0.250. The van der Waals surface area contributed by atoms with Crippen molar-refractivity contribution in [1.29, 1.82) is 0 Å². The maximum atomic E-state index is 9.45. The van der Waals surface area contributed by atoms with E-state index in [1.54, 1.807) is 20.8 Å². The fourth-order valence-corrected chi connectivity index (χ4v) is 0. The van der Waals surface area contributed by atoms with E-state index in [4.69, 9.17) is 25.5 Å². The van der Waals surface area contributed by atoms with Crippen molar-refractivity contribution in [2.24, 2.45) is 0 Å². The summed E-state index contributed by atoms with van der Waals surface area (Å²) in [6, 6.07) is 0. The molecule has 0 radical (unpaired) electrons. The van der Waals surface area contributed by atoms with Crippen LogP contribution in [0.2, 0.25) is 0 Å².